The topological polar surface area (TPSA) is 73.2 Å². The summed E-state index contributed by atoms with van der Waals surface area (Å²) in [5, 5.41) is 3.51. The van der Waals surface area contributed by atoms with Crippen LogP contribution < -0.4 is 10.9 Å². The number of rotatable bonds is 7. The van der Waals surface area contributed by atoms with Crippen molar-refractivity contribution in [3.63, 3.8) is 0 Å². The standard InChI is InChI=1S/C28H27N3O3S/c1-19-13-15-21(16-14-19)29-26(32)25(20-8-3-2-4-9-20)35-28-30-24-12-6-5-11-23(24)27(33)31(28)18-22-10-7-17-34-22/h2-6,8-9,11-16,22,25H,7,10,17-18H2,1H3,(H,29,32). The van der Waals surface area contributed by atoms with Gasteiger partial charge in [-0.1, -0.05) is 71.9 Å². The van der Waals surface area contributed by atoms with Gasteiger partial charge in [0.2, 0.25) is 5.91 Å². The zero-order chi connectivity index (χ0) is 24.2. The Morgan fingerprint density at radius 3 is 2.57 bits per heavy atom. The molecule has 0 bridgehead atoms. The Hall–Kier alpha value is -3.42. The van der Waals surface area contributed by atoms with Crippen LogP contribution in [0.25, 0.3) is 10.9 Å². The third kappa shape index (κ3) is 5.31. The Bertz CT molecular complexity index is 1380. The average molecular weight is 486 g/mol. The van der Waals surface area contributed by atoms with Gasteiger partial charge in [0.15, 0.2) is 5.16 Å². The van der Waals surface area contributed by atoms with Gasteiger partial charge in [0.25, 0.3) is 5.56 Å². The van der Waals surface area contributed by atoms with Crippen LogP contribution in [0.2, 0.25) is 0 Å². The van der Waals surface area contributed by atoms with Crippen LogP contribution in [0.5, 0.6) is 0 Å². The summed E-state index contributed by atoms with van der Waals surface area (Å²) in [5.74, 6) is -0.170. The number of hydrogen-bond acceptors (Lipinski definition) is 5. The smallest absolute Gasteiger partial charge is 0.262 e. The maximum atomic E-state index is 13.5. The molecule has 1 saturated heterocycles. The van der Waals surface area contributed by atoms with E-state index in [0.29, 0.717) is 29.2 Å². The first-order valence-corrected chi connectivity index (χ1v) is 12.7. The highest BCUT2D eigenvalue weighted by Gasteiger charge is 2.27. The van der Waals surface area contributed by atoms with Crippen molar-refractivity contribution in [2.75, 3.05) is 11.9 Å². The largest absolute Gasteiger partial charge is 0.376 e. The minimum atomic E-state index is -0.596. The molecule has 0 radical (unpaired) electrons. The fourth-order valence-electron chi connectivity index (χ4n) is 4.24. The number of aromatic nitrogens is 2. The number of aryl methyl sites for hydroxylation is 1. The molecule has 1 N–H and O–H groups in total. The summed E-state index contributed by atoms with van der Waals surface area (Å²) in [6, 6.07) is 24.6. The number of anilines is 1. The van der Waals surface area contributed by atoms with Crippen molar-refractivity contribution in [2.24, 2.45) is 0 Å². The lowest BCUT2D eigenvalue weighted by atomic mass is 10.1. The number of hydrogen-bond donors (Lipinski definition) is 1. The first-order chi connectivity index (χ1) is 17.1. The predicted octanol–water partition coefficient (Wildman–Crippen LogP) is 5.36. The van der Waals surface area contributed by atoms with Gasteiger partial charge in [-0.05, 0) is 49.6 Å². The number of ether oxygens (including phenoxy) is 1. The van der Waals surface area contributed by atoms with E-state index < -0.39 is 5.25 Å². The summed E-state index contributed by atoms with van der Waals surface area (Å²) in [6.07, 6.45) is 1.85. The summed E-state index contributed by atoms with van der Waals surface area (Å²) < 4.78 is 7.51. The lowest BCUT2D eigenvalue weighted by molar-refractivity contribution is -0.115. The zero-order valence-corrected chi connectivity index (χ0v) is 20.3. The molecule has 1 aliphatic heterocycles. The number of nitrogens with zero attached hydrogens (tertiary/aromatic N) is 2. The van der Waals surface area contributed by atoms with Crippen molar-refractivity contribution in [2.45, 2.75) is 42.8 Å². The van der Waals surface area contributed by atoms with Crippen molar-refractivity contribution in [3.05, 3.63) is 100 Å². The minimum absolute atomic E-state index is 0.0356. The molecule has 0 saturated carbocycles. The molecule has 2 unspecified atom stereocenters. The Morgan fingerprint density at radius 2 is 1.83 bits per heavy atom. The Balaban J connectivity index is 1.54. The van der Waals surface area contributed by atoms with Crippen LogP contribution in [-0.4, -0.2) is 28.2 Å². The molecule has 1 aliphatic rings. The fourth-order valence-corrected chi connectivity index (χ4v) is 5.35. The Kier molecular flexibility index (Phi) is 6.97. The van der Waals surface area contributed by atoms with Gasteiger partial charge >= 0.3 is 0 Å². The molecule has 1 fully saturated rings. The van der Waals surface area contributed by atoms with Gasteiger partial charge < -0.3 is 10.1 Å². The molecule has 2 heterocycles. The molecule has 4 aromatic rings. The number of amides is 1. The summed E-state index contributed by atoms with van der Waals surface area (Å²) in [4.78, 5) is 31.9. The average Bonchev–Trinajstić information content (AvgIpc) is 3.40. The van der Waals surface area contributed by atoms with Gasteiger partial charge in [-0.25, -0.2) is 4.98 Å². The van der Waals surface area contributed by atoms with Crippen molar-refractivity contribution < 1.29 is 9.53 Å². The quantitative estimate of drug-likeness (QED) is 0.282. The molecule has 0 spiro atoms. The van der Waals surface area contributed by atoms with E-state index in [1.165, 1.54) is 11.8 Å². The van der Waals surface area contributed by atoms with Gasteiger partial charge in [0.05, 0.1) is 23.6 Å². The normalized spacial score (nSPS) is 16.3. The molecule has 6 nitrogen and oxygen atoms in total. The van der Waals surface area contributed by atoms with Crippen molar-refractivity contribution >= 4 is 34.3 Å². The van der Waals surface area contributed by atoms with Gasteiger partial charge in [-0.15, -0.1) is 0 Å². The van der Waals surface area contributed by atoms with E-state index in [0.717, 1.165) is 29.7 Å². The van der Waals surface area contributed by atoms with E-state index in [9.17, 15) is 9.59 Å². The second kappa shape index (κ2) is 10.5. The number of para-hydroxylation sites is 1. The summed E-state index contributed by atoms with van der Waals surface area (Å²) in [5.41, 5.74) is 3.20. The van der Waals surface area contributed by atoms with Gasteiger partial charge in [-0.3, -0.25) is 14.2 Å². The van der Waals surface area contributed by atoms with Crippen LogP contribution in [-0.2, 0) is 16.1 Å². The van der Waals surface area contributed by atoms with Crippen LogP contribution in [0.15, 0.2) is 88.8 Å². The lowest BCUT2D eigenvalue weighted by Gasteiger charge is -2.21. The van der Waals surface area contributed by atoms with Gasteiger partial charge in [0.1, 0.15) is 5.25 Å². The van der Waals surface area contributed by atoms with Gasteiger partial charge in [-0.2, -0.15) is 0 Å². The molecular weight excluding hydrogens is 458 g/mol. The Labute approximate surface area is 208 Å². The number of benzene rings is 3. The fraction of sp³-hybridized carbons (Fsp3) is 0.250. The number of thioether (sulfide) groups is 1. The van der Waals surface area contributed by atoms with Gasteiger partial charge in [0, 0.05) is 12.3 Å². The van der Waals surface area contributed by atoms with E-state index in [-0.39, 0.29) is 17.6 Å². The Morgan fingerprint density at radius 1 is 1.09 bits per heavy atom. The van der Waals surface area contributed by atoms with Crippen molar-refractivity contribution in [3.8, 4) is 0 Å². The predicted molar refractivity (Wildman–Crippen MR) is 140 cm³/mol. The third-order valence-electron chi connectivity index (χ3n) is 6.12. The minimum Gasteiger partial charge on any atom is -0.376 e. The van der Waals surface area contributed by atoms with Crippen LogP contribution in [0.3, 0.4) is 0 Å². The van der Waals surface area contributed by atoms with Crippen LogP contribution >= 0.6 is 11.8 Å². The summed E-state index contributed by atoms with van der Waals surface area (Å²) in [6.45, 7) is 3.13. The van der Waals surface area contributed by atoms with E-state index in [1.54, 1.807) is 10.6 Å². The summed E-state index contributed by atoms with van der Waals surface area (Å²) >= 11 is 1.30. The number of carbonyl (C=O) groups is 1. The van der Waals surface area contributed by atoms with E-state index in [2.05, 4.69) is 5.32 Å². The highest BCUT2D eigenvalue weighted by atomic mass is 32.2. The molecule has 2 atom stereocenters. The SMILES string of the molecule is Cc1ccc(NC(=O)C(Sc2nc3ccccc3c(=O)n2CC2CCCO2)c2ccccc2)cc1. The van der Waals surface area contributed by atoms with Crippen LogP contribution in [0, 0.1) is 6.92 Å². The third-order valence-corrected chi connectivity index (χ3v) is 7.36. The molecule has 7 heteroatoms. The monoisotopic (exact) mass is 485 g/mol. The molecule has 3 aromatic carbocycles. The maximum Gasteiger partial charge on any atom is 0.262 e. The van der Waals surface area contributed by atoms with Crippen molar-refractivity contribution in [1.82, 2.24) is 9.55 Å². The first kappa shape index (κ1) is 23.3. The molecule has 1 amide bonds. The highest BCUT2D eigenvalue weighted by molar-refractivity contribution is 8.00. The molecular formula is C28H27N3O3S. The number of carbonyl (C=O) groups excluding carboxylic acids is 1. The van der Waals surface area contributed by atoms with E-state index in [4.69, 9.17) is 9.72 Å². The van der Waals surface area contributed by atoms with Crippen LogP contribution in [0.4, 0.5) is 5.69 Å². The number of nitrogens with one attached hydrogen (secondary N) is 1. The van der Waals surface area contributed by atoms with E-state index in [1.807, 2.05) is 79.7 Å². The maximum absolute atomic E-state index is 13.5. The zero-order valence-electron chi connectivity index (χ0n) is 19.5. The first-order valence-electron chi connectivity index (χ1n) is 11.8. The van der Waals surface area contributed by atoms with Crippen LogP contribution in [0.1, 0.15) is 29.2 Å². The van der Waals surface area contributed by atoms with E-state index >= 15 is 0 Å². The molecule has 178 valence electrons. The molecule has 35 heavy (non-hydrogen) atoms. The lowest BCUT2D eigenvalue weighted by Crippen LogP contribution is -2.29. The second-order valence-electron chi connectivity index (χ2n) is 8.73. The molecule has 0 aliphatic carbocycles. The summed E-state index contributed by atoms with van der Waals surface area (Å²) in [7, 11) is 0. The number of fused-ring (bicyclic) bond motifs is 1. The molecule has 1 aromatic heterocycles. The second-order valence-corrected chi connectivity index (χ2v) is 9.80. The van der Waals surface area contributed by atoms with Crippen molar-refractivity contribution in [1.29, 1.82) is 0 Å². The molecule has 5 rings (SSSR count). The highest BCUT2D eigenvalue weighted by Crippen LogP contribution is 2.36.